The lowest BCUT2D eigenvalue weighted by molar-refractivity contribution is -0.117. The first-order valence-electron chi connectivity index (χ1n) is 7.26. The number of benzene rings is 1. The molecule has 0 saturated carbocycles. The third-order valence-electron chi connectivity index (χ3n) is 3.51. The van der Waals surface area contributed by atoms with Gasteiger partial charge in [0.15, 0.2) is 0 Å². The van der Waals surface area contributed by atoms with Crippen LogP contribution in [-0.4, -0.2) is 57.6 Å². The summed E-state index contributed by atoms with van der Waals surface area (Å²) in [5.74, 6) is 0.00516. The quantitative estimate of drug-likeness (QED) is 0.887. The third-order valence-corrected chi connectivity index (χ3v) is 3.82. The molecule has 5 nitrogen and oxygen atoms in total. The Hall–Kier alpha value is -1.30. The maximum absolute atomic E-state index is 12.1. The number of nitrogens with one attached hydrogen (secondary N) is 2. The number of rotatable bonds is 4. The molecule has 1 aliphatic heterocycles. The fraction of sp³-hybridized carbons (Fsp3) is 0.533. The average molecular weight is 311 g/mol. The molecule has 1 fully saturated rings. The van der Waals surface area contributed by atoms with Crippen molar-refractivity contribution < 1.29 is 4.79 Å². The van der Waals surface area contributed by atoms with E-state index in [9.17, 15) is 4.79 Å². The summed E-state index contributed by atoms with van der Waals surface area (Å²) in [5, 5.41) is 6.88. The van der Waals surface area contributed by atoms with Crippen LogP contribution in [0.5, 0.6) is 0 Å². The van der Waals surface area contributed by atoms with Gasteiger partial charge in [-0.05, 0) is 37.7 Å². The van der Waals surface area contributed by atoms with Gasteiger partial charge in [-0.15, -0.1) is 0 Å². The minimum absolute atomic E-state index is 0.00516. The molecule has 1 aliphatic rings. The topological polar surface area (TPSA) is 47.6 Å². The summed E-state index contributed by atoms with van der Waals surface area (Å²) in [6, 6.07) is 5.58. The van der Waals surface area contributed by atoms with Crippen LogP contribution in [0.1, 0.15) is 6.42 Å². The van der Waals surface area contributed by atoms with Gasteiger partial charge in [0.25, 0.3) is 0 Å². The predicted octanol–water partition coefficient (Wildman–Crippen LogP) is 1.64. The zero-order chi connectivity index (χ0) is 15.2. The predicted molar refractivity (Wildman–Crippen MR) is 88.3 cm³/mol. The number of anilines is 2. The van der Waals surface area contributed by atoms with Crippen LogP contribution in [0, 0.1) is 0 Å². The number of hydrogen-bond acceptors (Lipinski definition) is 4. The van der Waals surface area contributed by atoms with Crippen LogP contribution < -0.4 is 15.5 Å². The van der Waals surface area contributed by atoms with Gasteiger partial charge in [-0.1, -0.05) is 11.6 Å². The molecule has 0 atom stereocenters. The Bertz CT molecular complexity index is 485. The monoisotopic (exact) mass is 310 g/mol. The minimum atomic E-state index is 0.00516. The van der Waals surface area contributed by atoms with Crippen LogP contribution in [0.25, 0.3) is 0 Å². The lowest BCUT2D eigenvalue weighted by Gasteiger charge is -2.19. The molecule has 1 aromatic rings. The van der Waals surface area contributed by atoms with E-state index in [2.05, 4.69) is 15.5 Å². The molecule has 21 heavy (non-hydrogen) atoms. The van der Waals surface area contributed by atoms with E-state index in [1.807, 2.05) is 31.1 Å². The molecule has 0 radical (unpaired) electrons. The Morgan fingerprint density at radius 3 is 2.90 bits per heavy atom. The van der Waals surface area contributed by atoms with E-state index in [1.54, 1.807) is 6.07 Å². The van der Waals surface area contributed by atoms with Gasteiger partial charge in [0.1, 0.15) is 0 Å². The first-order valence-corrected chi connectivity index (χ1v) is 7.64. The highest BCUT2D eigenvalue weighted by Gasteiger charge is 2.13. The Balaban J connectivity index is 1.91. The van der Waals surface area contributed by atoms with E-state index in [4.69, 9.17) is 11.6 Å². The fourth-order valence-corrected chi connectivity index (χ4v) is 2.76. The van der Waals surface area contributed by atoms with Crippen molar-refractivity contribution >= 4 is 28.9 Å². The molecule has 2 rings (SSSR count). The van der Waals surface area contributed by atoms with E-state index in [0.717, 1.165) is 44.0 Å². The lowest BCUT2D eigenvalue weighted by Crippen LogP contribution is -2.35. The highest BCUT2D eigenvalue weighted by Crippen LogP contribution is 2.27. The minimum Gasteiger partial charge on any atom is -0.376 e. The van der Waals surface area contributed by atoms with Crippen LogP contribution in [0.3, 0.4) is 0 Å². The highest BCUT2D eigenvalue weighted by atomic mass is 35.5. The SMILES string of the molecule is CN(C)c1ccc(NC(=O)CN2CCCNCC2)cc1Cl. The van der Waals surface area contributed by atoms with Crippen molar-refractivity contribution in [2.75, 3.05) is 57.0 Å². The average Bonchev–Trinajstić information content (AvgIpc) is 2.66. The molecule has 1 amide bonds. The van der Waals surface area contributed by atoms with Crippen molar-refractivity contribution in [3.05, 3.63) is 23.2 Å². The van der Waals surface area contributed by atoms with Gasteiger partial charge < -0.3 is 15.5 Å². The number of halogens is 1. The van der Waals surface area contributed by atoms with Crippen molar-refractivity contribution in [1.82, 2.24) is 10.2 Å². The van der Waals surface area contributed by atoms with Crippen molar-refractivity contribution in [3.63, 3.8) is 0 Å². The van der Waals surface area contributed by atoms with Crippen molar-refractivity contribution in [2.45, 2.75) is 6.42 Å². The molecule has 1 saturated heterocycles. The summed E-state index contributed by atoms with van der Waals surface area (Å²) in [6.07, 6.45) is 1.08. The Morgan fingerprint density at radius 1 is 1.38 bits per heavy atom. The van der Waals surface area contributed by atoms with Crippen LogP contribution >= 0.6 is 11.6 Å². The van der Waals surface area contributed by atoms with Crippen molar-refractivity contribution in [2.24, 2.45) is 0 Å². The second-order valence-electron chi connectivity index (χ2n) is 5.49. The first kappa shape index (κ1) is 16.1. The molecule has 6 heteroatoms. The second-order valence-corrected chi connectivity index (χ2v) is 5.90. The third kappa shape index (κ3) is 4.88. The molecule has 1 aromatic carbocycles. The van der Waals surface area contributed by atoms with Gasteiger partial charge >= 0.3 is 0 Å². The largest absolute Gasteiger partial charge is 0.376 e. The van der Waals surface area contributed by atoms with E-state index in [-0.39, 0.29) is 5.91 Å². The van der Waals surface area contributed by atoms with E-state index in [0.29, 0.717) is 11.6 Å². The van der Waals surface area contributed by atoms with Crippen LogP contribution in [0.15, 0.2) is 18.2 Å². The Morgan fingerprint density at radius 2 is 2.19 bits per heavy atom. The number of amides is 1. The van der Waals surface area contributed by atoms with E-state index in [1.165, 1.54) is 0 Å². The first-order chi connectivity index (χ1) is 10.1. The molecule has 0 bridgehead atoms. The molecule has 0 unspecified atom stereocenters. The highest BCUT2D eigenvalue weighted by molar-refractivity contribution is 6.33. The van der Waals surface area contributed by atoms with Gasteiger partial charge in [0, 0.05) is 32.9 Å². The number of carbonyl (C=O) groups excluding carboxylic acids is 1. The lowest BCUT2D eigenvalue weighted by atomic mass is 10.2. The van der Waals surface area contributed by atoms with Crippen LogP contribution in [0.4, 0.5) is 11.4 Å². The molecule has 0 aliphatic carbocycles. The Labute approximate surface area is 131 Å². The standard InChI is InChI=1S/C15H23ClN4O/c1-19(2)14-5-4-12(10-13(14)16)18-15(21)11-20-8-3-6-17-7-9-20/h4-5,10,17H,3,6-9,11H2,1-2H3,(H,18,21). The molecular weight excluding hydrogens is 288 g/mol. The van der Waals surface area contributed by atoms with Gasteiger partial charge in [-0.2, -0.15) is 0 Å². The molecule has 0 spiro atoms. The summed E-state index contributed by atoms with van der Waals surface area (Å²) in [7, 11) is 3.87. The zero-order valence-electron chi connectivity index (χ0n) is 12.7. The number of nitrogens with zero attached hydrogens (tertiary/aromatic N) is 2. The number of carbonyl (C=O) groups is 1. The second kappa shape index (κ2) is 7.64. The number of hydrogen-bond donors (Lipinski definition) is 2. The summed E-state index contributed by atoms with van der Waals surface area (Å²) >= 11 is 6.21. The smallest absolute Gasteiger partial charge is 0.238 e. The van der Waals surface area contributed by atoms with Crippen molar-refractivity contribution in [1.29, 1.82) is 0 Å². The van der Waals surface area contributed by atoms with Gasteiger partial charge in [0.05, 0.1) is 17.3 Å². The molecule has 1 heterocycles. The van der Waals surface area contributed by atoms with Crippen LogP contribution in [-0.2, 0) is 4.79 Å². The van der Waals surface area contributed by atoms with Crippen molar-refractivity contribution in [3.8, 4) is 0 Å². The fourth-order valence-electron chi connectivity index (χ4n) is 2.41. The molecule has 116 valence electrons. The summed E-state index contributed by atoms with van der Waals surface area (Å²) in [4.78, 5) is 16.2. The maximum Gasteiger partial charge on any atom is 0.238 e. The molecular formula is C15H23ClN4O. The van der Waals surface area contributed by atoms with Crippen LogP contribution in [0.2, 0.25) is 5.02 Å². The summed E-state index contributed by atoms with van der Waals surface area (Å²) in [5.41, 5.74) is 1.68. The van der Waals surface area contributed by atoms with E-state index < -0.39 is 0 Å². The zero-order valence-corrected chi connectivity index (χ0v) is 13.4. The summed E-state index contributed by atoms with van der Waals surface area (Å²) in [6.45, 7) is 4.26. The van der Waals surface area contributed by atoms with Gasteiger partial charge in [0.2, 0.25) is 5.91 Å². The van der Waals surface area contributed by atoms with Gasteiger partial charge in [-0.3, -0.25) is 9.69 Å². The van der Waals surface area contributed by atoms with Gasteiger partial charge in [-0.25, -0.2) is 0 Å². The molecule has 0 aromatic heterocycles. The normalized spacial score (nSPS) is 16.3. The summed E-state index contributed by atoms with van der Waals surface area (Å²) < 4.78 is 0. The van der Waals surface area contributed by atoms with E-state index >= 15 is 0 Å². The maximum atomic E-state index is 12.1. The molecule has 2 N–H and O–H groups in total. The Kier molecular flexibility index (Phi) is 5.85.